The highest BCUT2D eigenvalue weighted by atomic mass is 35.5. The van der Waals surface area contributed by atoms with Gasteiger partial charge >= 0.3 is 0 Å². The van der Waals surface area contributed by atoms with Crippen LogP contribution in [0.4, 0.5) is 4.39 Å². The molecule has 0 radical (unpaired) electrons. The molecule has 136 valence electrons. The highest BCUT2D eigenvalue weighted by Crippen LogP contribution is 2.19. The molecule has 0 saturated heterocycles. The largest absolute Gasteiger partial charge is 0.474 e. The maximum absolute atomic E-state index is 13.5. The molecule has 1 aliphatic rings. The zero-order valence-electron chi connectivity index (χ0n) is 14.9. The van der Waals surface area contributed by atoms with Crippen molar-refractivity contribution in [1.29, 1.82) is 0 Å². The topological polar surface area (TPSA) is 72.5 Å². The number of dihydropyridines is 1. The summed E-state index contributed by atoms with van der Waals surface area (Å²) in [7, 11) is 0. The van der Waals surface area contributed by atoms with Crippen LogP contribution in [0.2, 0.25) is 0 Å². The minimum Gasteiger partial charge on any atom is -0.474 e. The lowest BCUT2D eigenvalue weighted by atomic mass is 10.1. The third-order valence-corrected chi connectivity index (χ3v) is 3.80. The molecule has 0 spiro atoms. The van der Waals surface area contributed by atoms with Gasteiger partial charge in [0.1, 0.15) is 17.4 Å². The Bertz CT molecular complexity index is 722. The summed E-state index contributed by atoms with van der Waals surface area (Å²) in [5.74, 6) is 0.434. The van der Waals surface area contributed by atoms with E-state index in [0.29, 0.717) is 17.6 Å². The first-order valence-corrected chi connectivity index (χ1v) is 8.41. The minimum atomic E-state index is -1.40. The molecule has 2 rings (SSSR count). The van der Waals surface area contributed by atoms with E-state index in [1.165, 1.54) is 13.8 Å². The highest BCUT2D eigenvalue weighted by Gasteiger charge is 2.18. The van der Waals surface area contributed by atoms with E-state index in [4.69, 9.17) is 22.1 Å². The SMILES string of the molecule is CC1=CC(N)C(C=NCc2cnc(OCC(C)(C)F)c(C)c2)=C(Cl)N1. The van der Waals surface area contributed by atoms with Gasteiger partial charge in [0.05, 0.1) is 12.6 Å². The van der Waals surface area contributed by atoms with E-state index in [1.54, 1.807) is 12.4 Å². The van der Waals surface area contributed by atoms with Crippen molar-refractivity contribution in [3.8, 4) is 5.88 Å². The normalized spacial score (nSPS) is 18.4. The van der Waals surface area contributed by atoms with Crippen molar-refractivity contribution in [2.45, 2.75) is 46.0 Å². The lowest BCUT2D eigenvalue weighted by Crippen LogP contribution is -2.30. The van der Waals surface area contributed by atoms with E-state index < -0.39 is 5.67 Å². The van der Waals surface area contributed by atoms with Gasteiger partial charge in [0.15, 0.2) is 0 Å². The number of nitrogens with one attached hydrogen (secondary N) is 1. The van der Waals surface area contributed by atoms with Gasteiger partial charge < -0.3 is 15.8 Å². The van der Waals surface area contributed by atoms with Gasteiger partial charge in [-0.3, -0.25) is 4.99 Å². The molecule has 1 aromatic heterocycles. The molecule has 1 unspecified atom stereocenters. The number of aromatic nitrogens is 1. The standard InChI is InChI=1S/C18H24ClFN4O/c1-11-5-13(8-23-17(11)25-10-18(3,4)20)7-22-9-14-15(21)6-12(2)24-16(14)19/h5-6,8-9,15,24H,7,10,21H2,1-4H3. The van der Waals surface area contributed by atoms with Crippen LogP contribution in [-0.2, 0) is 6.54 Å². The lowest BCUT2D eigenvalue weighted by molar-refractivity contribution is 0.117. The van der Waals surface area contributed by atoms with Gasteiger partial charge in [0.2, 0.25) is 5.88 Å². The fourth-order valence-electron chi connectivity index (χ4n) is 2.28. The Kier molecular flexibility index (Phi) is 6.19. The van der Waals surface area contributed by atoms with Crippen molar-refractivity contribution < 1.29 is 9.13 Å². The van der Waals surface area contributed by atoms with Crippen molar-refractivity contribution in [3.05, 3.63) is 45.9 Å². The maximum Gasteiger partial charge on any atom is 0.216 e. The van der Waals surface area contributed by atoms with Crippen LogP contribution in [0.25, 0.3) is 0 Å². The second-order valence-electron chi connectivity index (χ2n) is 6.71. The molecule has 3 N–H and O–H groups in total. The lowest BCUT2D eigenvalue weighted by Gasteiger charge is -2.19. The number of allylic oxidation sites excluding steroid dienone is 1. The number of nitrogens with zero attached hydrogens (tertiary/aromatic N) is 2. The van der Waals surface area contributed by atoms with Crippen LogP contribution in [0.15, 0.2) is 39.8 Å². The van der Waals surface area contributed by atoms with Crippen molar-refractivity contribution >= 4 is 17.8 Å². The predicted octanol–water partition coefficient (Wildman–Crippen LogP) is 3.37. The number of hydrogen-bond acceptors (Lipinski definition) is 5. The first kappa shape index (κ1) is 19.4. The number of aryl methyl sites for hydroxylation is 1. The summed E-state index contributed by atoms with van der Waals surface area (Å²) < 4.78 is 18.9. The fourth-order valence-corrected chi connectivity index (χ4v) is 2.61. The molecule has 25 heavy (non-hydrogen) atoms. The molecule has 0 fully saturated rings. The van der Waals surface area contributed by atoms with Gasteiger partial charge in [0.25, 0.3) is 0 Å². The minimum absolute atomic E-state index is 0.0389. The molecular formula is C18H24ClFN4O. The number of halogens is 2. The zero-order chi connectivity index (χ0) is 18.6. The Morgan fingerprint density at radius 1 is 1.48 bits per heavy atom. The van der Waals surface area contributed by atoms with Gasteiger partial charge in [-0.25, -0.2) is 9.37 Å². The molecule has 5 nitrogen and oxygen atoms in total. The summed E-state index contributed by atoms with van der Waals surface area (Å²) in [6.45, 7) is 7.10. The smallest absolute Gasteiger partial charge is 0.216 e. The van der Waals surface area contributed by atoms with Crippen LogP contribution in [0.1, 0.15) is 31.9 Å². The van der Waals surface area contributed by atoms with Crippen molar-refractivity contribution in [2.24, 2.45) is 10.7 Å². The summed E-state index contributed by atoms with van der Waals surface area (Å²) in [6.07, 6.45) is 5.23. The number of alkyl halides is 1. The van der Waals surface area contributed by atoms with Crippen molar-refractivity contribution in [1.82, 2.24) is 10.3 Å². The molecule has 1 atom stereocenters. The third-order valence-electron chi connectivity index (χ3n) is 3.49. The van der Waals surface area contributed by atoms with Gasteiger partial charge in [-0.05, 0) is 45.4 Å². The fraction of sp³-hybridized carbons (Fsp3) is 0.444. The Morgan fingerprint density at radius 3 is 2.80 bits per heavy atom. The molecule has 0 aromatic carbocycles. The van der Waals surface area contributed by atoms with Gasteiger partial charge in [-0.15, -0.1) is 0 Å². The number of rotatable bonds is 6. The second-order valence-corrected chi connectivity index (χ2v) is 7.09. The van der Waals surface area contributed by atoms with E-state index in [9.17, 15) is 4.39 Å². The average Bonchev–Trinajstić information content (AvgIpc) is 2.48. The monoisotopic (exact) mass is 366 g/mol. The van der Waals surface area contributed by atoms with Crippen LogP contribution < -0.4 is 15.8 Å². The van der Waals surface area contributed by atoms with E-state index in [2.05, 4.69) is 15.3 Å². The number of ether oxygens (including phenoxy) is 1. The molecule has 0 saturated carbocycles. The van der Waals surface area contributed by atoms with E-state index in [1.807, 2.05) is 26.0 Å². The Balaban J connectivity index is 2.00. The van der Waals surface area contributed by atoms with Gasteiger partial charge in [-0.1, -0.05) is 11.6 Å². The first-order valence-electron chi connectivity index (χ1n) is 8.03. The van der Waals surface area contributed by atoms with Crippen LogP contribution in [0, 0.1) is 6.92 Å². The Morgan fingerprint density at radius 2 is 2.20 bits per heavy atom. The molecule has 2 heterocycles. The van der Waals surface area contributed by atoms with Crippen LogP contribution in [0.5, 0.6) is 5.88 Å². The summed E-state index contributed by atoms with van der Waals surface area (Å²) in [5, 5.41) is 3.52. The first-order chi connectivity index (χ1) is 11.7. The average molecular weight is 367 g/mol. The van der Waals surface area contributed by atoms with E-state index in [0.717, 1.165) is 22.4 Å². The van der Waals surface area contributed by atoms with Crippen LogP contribution in [-0.4, -0.2) is 29.5 Å². The molecule has 0 aliphatic carbocycles. The molecule has 1 aromatic rings. The maximum atomic E-state index is 13.5. The van der Waals surface area contributed by atoms with E-state index >= 15 is 0 Å². The number of hydrogen-bond donors (Lipinski definition) is 2. The molecule has 0 amide bonds. The van der Waals surface area contributed by atoms with Gasteiger partial charge in [-0.2, -0.15) is 0 Å². The third kappa shape index (κ3) is 5.83. The van der Waals surface area contributed by atoms with Crippen molar-refractivity contribution in [2.75, 3.05) is 6.61 Å². The van der Waals surface area contributed by atoms with Crippen LogP contribution in [0.3, 0.4) is 0 Å². The van der Waals surface area contributed by atoms with Gasteiger partial charge in [0, 0.05) is 29.2 Å². The summed E-state index contributed by atoms with van der Waals surface area (Å²) in [4.78, 5) is 8.63. The molecule has 7 heteroatoms. The summed E-state index contributed by atoms with van der Waals surface area (Å²) in [6, 6.07) is 1.64. The molecule has 1 aliphatic heterocycles. The quantitative estimate of drug-likeness (QED) is 0.598. The van der Waals surface area contributed by atoms with Crippen molar-refractivity contribution in [3.63, 3.8) is 0 Å². The number of nitrogens with two attached hydrogens (primary N) is 1. The highest BCUT2D eigenvalue weighted by molar-refractivity contribution is 6.31. The Hall–Kier alpha value is -1.92. The summed E-state index contributed by atoms with van der Waals surface area (Å²) in [5.41, 5.74) is 8.05. The van der Waals surface area contributed by atoms with E-state index in [-0.39, 0.29) is 12.6 Å². The Labute approximate surface area is 152 Å². The predicted molar refractivity (Wildman–Crippen MR) is 99.6 cm³/mol. The zero-order valence-corrected chi connectivity index (χ0v) is 15.7. The second kappa shape index (κ2) is 7.97. The molecular weight excluding hydrogens is 343 g/mol. The number of aliphatic imine (C=N–C) groups is 1. The van der Waals surface area contributed by atoms with Crippen LogP contribution >= 0.6 is 11.6 Å². The number of pyridine rings is 1. The summed E-state index contributed by atoms with van der Waals surface area (Å²) >= 11 is 6.17. The molecule has 0 bridgehead atoms.